The molecule has 2 N–H and O–H groups in total. The number of nitrogens with zero attached hydrogens (tertiary/aromatic N) is 1. The van der Waals surface area contributed by atoms with E-state index in [0.717, 1.165) is 38.8 Å². The molecule has 2 aliphatic rings. The largest absolute Gasteiger partial charge is 0.377 e. The maximum atomic E-state index is 13.3. The van der Waals surface area contributed by atoms with Crippen LogP contribution in [0.25, 0.3) is 0 Å². The van der Waals surface area contributed by atoms with Crippen LogP contribution in [0.4, 0.5) is 0 Å². The van der Waals surface area contributed by atoms with Crippen LogP contribution in [0.2, 0.25) is 0 Å². The minimum atomic E-state index is -0.759. The summed E-state index contributed by atoms with van der Waals surface area (Å²) in [4.78, 5) is 15.3. The number of unbranched alkanes of at least 4 members (excludes halogenated alkanes) is 1. The van der Waals surface area contributed by atoms with Crippen LogP contribution in [0.15, 0.2) is 0 Å². The highest BCUT2D eigenvalue weighted by Crippen LogP contribution is 2.58. The summed E-state index contributed by atoms with van der Waals surface area (Å²) in [6.07, 6.45) is 4.17. The minimum Gasteiger partial charge on any atom is -0.377 e. The normalized spacial score (nSPS) is 35.0. The van der Waals surface area contributed by atoms with E-state index >= 15 is 0 Å². The summed E-state index contributed by atoms with van der Waals surface area (Å²) in [6.45, 7) is 12.2. The van der Waals surface area contributed by atoms with Crippen molar-refractivity contribution in [1.82, 2.24) is 4.90 Å². The maximum absolute atomic E-state index is 13.3. The second-order valence-corrected chi connectivity index (χ2v) is 7.39. The van der Waals surface area contributed by atoms with Crippen molar-refractivity contribution in [2.45, 2.75) is 78.0 Å². The Hall–Kier alpha value is -0.610. The Labute approximate surface area is 129 Å². The van der Waals surface area contributed by atoms with E-state index in [1.807, 2.05) is 4.90 Å². The molecule has 2 fully saturated rings. The van der Waals surface area contributed by atoms with E-state index in [-0.39, 0.29) is 29.4 Å². The lowest BCUT2D eigenvalue weighted by Crippen LogP contribution is -2.80. The summed E-state index contributed by atoms with van der Waals surface area (Å²) in [5.41, 5.74) is 5.67. The summed E-state index contributed by atoms with van der Waals surface area (Å²) >= 11 is 0. The Morgan fingerprint density at radius 2 is 2.10 bits per heavy atom. The number of ether oxygens (including phenoxy) is 1. The van der Waals surface area contributed by atoms with Gasteiger partial charge < -0.3 is 15.4 Å². The average molecular weight is 296 g/mol. The molecule has 0 aromatic rings. The molecule has 1 saturated carbocycles. The first-order valence-electron chi connectivity index (χ1n) is 8.53. The molecule has 0 radical (unpaired) electrons. The van der Waals surface area contributed by atoms with Gasteiger partial charge in [0.1, 0.15) is 5.54 Å². The van der Waals surface area contributed by atoms with Crippen LogP contribution < -0.4 is 5.73 Å². The lowest BCUT2D eigenvalue weighted by Gasteiger charge is -2.62. The summed E-state index contributed by atoms with van der Waals surface area (Å²) in [7, 11) is 0. The van der Waals surface area contributed by atoms with Gasteiger partial charge in [0.25, 0.3) is 0 Å². The van der Waals surface area contributed by atoms with Crippen LogP contribution in [0.5, 0.6) is 0 Å². The Morgan fingerprint density at radius 3 is 2.67 bits per heavy atom. The van der Waals surface area contributed by atoms with Gasteiger partial charge in [0.05, 0.1) is 6.10 Å². The molecule has 1 saturated heterocycles. The molecule has 0 bridgehead atoms. The SMILES string of the molecule is CCCCN(C(=O)C1(N)C2CCOC2C1(C)C)C(C)CC. The summed E-state index contributed by atoms with van der Waals surface area (Å²) in [5, 5.41) is 0. The van der Waals surface area contributed by atoms with Gasteiger partial charge in [-0.2, -0.15) is 0 Å². The van der Waals surface area contributed by atoms with E-state index in [2.05, 4.69) is 34.6 Å². The number of rotatable bonds is 6. The fourth-order valence-corrected chi connectivity index (χ4v) is 4.13. The molecule has 4 unspecified atom stereocenters. The lowest BCUT2D eigenvalue weighted by molar-refractivity contribution is -0.186. The van der Waals surface area contributed by atoms with Gasteiger partial charge in [0.2, 0.25) is 5.91 Å². The van der Waals surface area contributed by atoms with Gasteiger partial charge in [0.15, 0.2) is 0 Å². The highest BCUT2D eigenvalue weighted by atomic mass is 16.5. The fraction of sp³-hybridized carbons (Fsp3) is 0.941. The Kier molecular flexibility index (Phi) is 4.69. The van der Waals surface area contributed by atoms with E-state index in [4.69, 9.17) is 10.5 Å². The molecule has 1 aliphatic heterocycles. The molecule has 1 heterocycles. The van der Waals surface area contributed by atoms with Crippen molar-refractivity contribution in [3.63, 3.8) is 0 Å². The van der Waals surface area contributed by atoms with Crippen molar-refractivity contribution in [3.05, 3.63) is 0 Å². The third-order valence-corrected chi connectivity index (χ3v) is 5.94. The Balaban J connectivity index is 2.23. The molecule has 0 aromatic carbocycles. The fourth-order valence-electron chi connectivity index (χ4n) is 4.13. The third kappa shape index (κ3) is 2.31. The summed E-state index contributed by atoms with van der Waals surface area (Å²) < 4.78 is 5.81. The van der Waals surface area contributed by atoms with Crippen LogP contribution in [-0.2, 0) is 9.53 Å². The highest BCUT2D eigenvalue weighted by molar-refractivity contribution is 5.90. The Morgan fingerprint density at radius 1 is 1.43 bits per heavy atom. The minimum absolute atomic E-state index is 0.141. The van der Waals surface area contributed by atoms with E-state index in [9.17, 15) is 4.79 Å². The number of carbonyl (C=O) groups excluding carboxylic acids is 1. The second-order valence-electron chi connectivity index (χ2n) is 7.39. The van der Waals surface area contributed by atoms with Gasteiger partial charge in [-0.15, -0.1) is 0 Å². The predicted octanol–water partition coefficient (Wildman–Crippen LogP) is 2.56. The van der Waals surface area contributed by atoms with E-state index in [1.165, 1.54) is 0 Å². The summed E-state index contributed by atoms with van der Waals surface area (Å²) in [6, 6.07) is 0.252. The molecular formula is C17H32N2O2. The number of carbonyl (C=O) groups is 1. The molecule has 2 rings (SSSR count). The molecule has 0 aromatic heterocycles. The monoisotopic (exact) mass is 296 g/mol. The molecule has 4 nitrogen and oxygen atoms in total. The van der Waals surface area contributed by atoms with Crippen LogP contribution in [0.3, 0.4) is 0 Å². The van der Waals surface area contributed by atoms with Crippen molar-refractivity contribution in [1.29, 1.82) is 0 Å². The first kappa shape index (κ1) is 16.8. The van der Waals surface area contributed by atoms with Crippen molar-refractivity contribution < 1.29 is 9.53 Å². The molecule has 4 heteroatoms. The van der Waals surface area contributed by atoms with Crippen molar-refractivity contribution in [3.8, 4) is 0 Å². The average Bonchev–Trinajstić information content (AvgIpc) is 2.94. The molecule has 122 valence electrons. The molecule has 0 spiro atoms. The molecular weight excluding hydrogens is 264 g/mol. The number of nitrogens with two attached hydrogens (primary N) is 1. The van der Waals surface area contributed by atoms with Gasteiger partial charge in [-0.25, -0.2) is 0 Å². The second kappa shape index (κ2) is 5.88. The first-order valence-corrected chi connectivity index (χ1v) is 8.53. The van der Waals surface area contributed by atoms with Gasteiger partial charge >= 0.3 is 0 Å². The third-order valence-electron chi connectivity index (χ3n) is 5.94. The van der Waals surface area contributed by atoms with Gasteiger partial charge in [0, 0.05) is 30.5 Å². The molecule has 21 heavy (non-hydrogen) atoms. The molecule has 1 aliphatic carbocycles. The smallest absolute Gasteiger partial charge is 0.243 e. The Bertz CT molecular complexity index is 396. The number of hydrogen-bond acceptors (Lipinski definition) is 3. The van der Waals surface area contributed by atoms with Crippen LogP contribution in [-0.4, -0.2) is 41.6 Å². The zero-order chi connectivity index (χ0) is 15.8. The maximum Gasteiger partial charge on any atom is 0.243 e. The summed E-state index contributed by atoms with van der Waals surface area (Å²) in [5.74, 6) is 0.329. The van der Waals surface area contributed by atoms with E-state index < -0.39 is 5.54 Å². The van der Waals surface area contributed by atoms with E-state index in [0.29, 0.717) is 0 Å². The number of hydrogen-bond donors (Lipinski definition) is 1. The number of amides is 1. The van der Waals surface area contributed by atoms with E-state index in [1.54, 1.807) is 0 Å². The van der Waals surface area contributed by atoms with Gasteiger partial charge in [-0.05, 0) is 26.2 Å². The van der Waals surface area contributed by atoms with Crippen LogP contribution in [0.1, 0.15) is 60.3 Å². The highest BCUT2D eigenvalue weighted by Gasteiger charge is 2.72. The van der Waals surface area contributed by atoms with Gasteiger partial charge in [-0.3, -0.25) is 4.79 Å². The van der Waals surface area contributed by atoms with Crippen LogP contribution in [0, 0.1) is 11.3 Å². The molecule has 1 amide bonds. The first-order chi connectivity index (χ1) is 9.82. The predicted molar refractivity (Wildman–Crippen MR) is 84.9 cm³/mol. The van der Waals surface area contributed by atoms with Crippen LogP contribution >= 0.6 is 0 Å². The topological polar surface area (TPSA) is 55.6 Å². The zero-order valence-corrected chi connectivity index (χ0v) is 14.3. The van der Waals surface area contributed by atoms with Crippen molar-refractivity contribution in [2.75, 3.05) is 13.2 Å². The molecule has 4 atom stereocenters. The zero-order valence-electron chi connectivity index (χ0n) is 14.3. The van der Waals surface area contributed by atoms with Crippen molar-refractivity contribution >= 4 is 5.91 Å². The van der Waals surface area contributed by atoms with Crippen molar-refractivity contribution in [2.24, 2.45) is 17.1 Å². The van der Waals surface area contributed by atoms with Gasteiger partial charge in [-0.1, -0.05) is 34.1 Å². The number of fused-ring (bicyclic) bond motifs is 1. The lowest BCUT2D eigenvalue weighted by atomic mass is 9.47. The standard InChI is InChI=1S/C17H32N2O2/c1-6-8-10-19(12(3)7-2)15(20)17(18)13-9-11-21-14(13)16(17,4)5/h12-14H,6-11,18H2,1-5H3. The quantitative estimate of drug-likeness (QED) is 0.819.